The van der Waals surface area contributed by atoms with Crippen molar-refractivity contribution in [1.29, 1.82) is 0 Å². The van der Waals surface area contributed by atoms with E-state index in [-0.39, 0.29) is 0 Å². The number of rotatable bonds is 3. The molecule has 2 unspecified atom stereocenters. The molecule has 1 aromatic heterocycles. The Labute approximate surface area is 96.6 Å². The third-order valence-electron chi connectivity index (χ3n) is 4.13. The second-order valence-electron chi connectivity index (χ2n) is 5.27. The van der Waals surface area contributed by atoms with Crippen LogP contribution in [0, 0.1) is 11.8 Å². The van der Waals surface area contributed by atoms with Gasteiger partial charge in [0.15, 0.2) is 0 Å². The van der Waals surface area contributed by atoms with Gasteiger partial charge in [0.05, 0.1) is 12.8 Å². The Balaban J connectivity index is 1.59. The minimum atomic E-state index is 0.578. The van der Waals surface area contributed by atoms with Gasteiger partial charge in [0, 0.05) is 25.2 Å². The summed E-state index contributed by atoms with van der Waals surface area (Å²) < 4.78 is 5.52. The monoisotopic (exact) mass is 220 g/mol. The molecule has 0 amide bonds. The second kappa shape index (κ2) is 4.22. The summed E-state index contributed by atoms with van der Waals surface area (Å²) in [6, 6.07) is 2.09. The fourth-order valence-corrected chi connectivity index (χ4v) is 3.30. The van der Waals surface area contributed by atoms with Crippen molar-refractivity contribution in [3.63, 3.8) is 0 Å². The lowest BCUT2D eigenvalue weighted by Crippen LogP contribution is -2.20. The SMILES string of the molecule is NCc1coc(CN2CC3CCCC3C2)c1. The number of fused-ring (bicyclic) bond motifs is 1. The summed E-state index contributed by atoms with van der Waals surface area (Å²) in [4.78, 5) is 2.54. The first kappa shape index (κ1) is 10.4. The summed E-state index contributed by atoms with van der Waals surface area (Å²) >= 11 is 0. The Morgan fingerprint density at radius 3 is 2.69 bits per heavy atom. The fourth-order valence-electron chi connectivity index (χ4n) is 3.30. The molecule has 88 valence electrons. The summed E-state index contributed by atoms with van der Waals surface area (Å²) in [6.45, 7) is 4.08. The Morgan fingerprint density at radius 2 is 2.06 bits per heavy atom. The van der Waals surface area contributed by atoms with E-state index >= 15 is 0 Å². The maximum absolute atomic E-state index is 5.57. The lowest BCUT2D eigenvalue weighted by molar-refractivity contribution is 0.276. The van der Waals surface area contributed by atoms with Crippen molar-refractivity contribution in [3.8, 4) is 0 Å². The molecule has 3 heteroatoms. The van der Waals surface area contributed by atoms with Crippen molar-refractivity contribution in [2.75, 3.05) is 13.1 Å². The van der Waals surface area contributed by atoms with E-state index in [1.165, 1.54) is 32.4 Å². The molecule has 0 radical (unpaired) electrons. The summed E-state index contributed by atoms with van der Waals surface area (Å²) in [6.07, 6.45) is 6.11. The third-order valence-corrected chi connectivity index (χ3v) is 4.13. The van der Waals surface area contributed by atoms with E-state index in [1.807, 2.05) is 0 Å². The van der Waals surface area contributed by atoms with Gasteiger partial charge in [-0.2, -0.15) is 0 Å². The molecule has 1 aromatic rings. The van der Waals surface area contributed by atoms with E-state index in [1.54, 1.807) is 6.26 Å². The topological polar surface area (TPSA) is 42.4 Å². The Bertz CT molecular complexity index is 349. The zero-order chi connectivity index (χ0) is 11.0. The first-order chi connectivity index (χ1) is 7.85. The molecule has 0 bridgehead atoms. The first-order valence-electron chi connectivity index (χ1n) is 6.34. The molecule has 3 rings (SSSR count). The van der Waals surface area contributed by atoms with Crippen LogP contribution in [0.2, 0.25) is 0 Å². The minimum absolute atomic E-state index is 0.578. The van der Waals surface area contributed by atoms with Gasteiger partial charge in [-0.3, -0.25) is 4.90 Å². The van der Waals surface area contributed by atoms with E-state index in [4.69, 9.17) is 10.2 Å². The maximum atomic E-state index is 5.57. The van der Waals surface area contributed by atoms with Crippen LogP contribution in [0.3, 0.4) is 0 Å². The molecule has 1 aliphatic carbocycles. The predicted molar refractivity (Wildman–Crippen MR) is 62.7 cm³/mol. The van der Waals surface area contributed by atoms with E-state index in [2.05, 4.69) is 11.0 Å². The number of hydrogen-bond acceptors (Lipinski definition) is 3. The standard InChI is InChI=1S/C13H20N2O/c14-5-10-4-13(16-9-10)8-15-6-11-2-1-3-12(11)7-15/h4,9,11-12H,1-3,5-8,14H2. The normalized spacial score (nSPS) is 29.8. The zero-order valence-electron chi connectivity index (χ0n) is 9.69. The van der Waals surface area contributed by atoms with Gasteiger partial charge < -0.3 is 10.2 Å². The Morgan fingerprint density at radius 1 is 1.31 bits per heavy atom. The van der Waals surface area contributed by atoms with Gasteiger partial charge in [-0.05, 0) is 30.7 Å². The molecule has 2 heterocycles. The fraction of sp³-hybridized carbons (Fsp3) is 0.692. The highest BCUT2D eigenvalue weighted by Gasteiger charge is 2.35. The van der Waals surface area contributed by atoms with E-state index in [9.17, 15) is 0 Å². The largest absolute Gasteiger partial charge is 0.468 e. The van der Waals surface area contributed by atoms with Crippen LogP contribution in [0.5, 0.6) is 0 Å². The Kier molecular flexibility index (Phi) is 2.74. The maximum Gasteiger partial charge on any atom is 0.118 e. The van der Waals surface area contributed by atoms with Crippen LogP contribution in [0.25, 0.3) is 0 Å². The van der Waals surface area contributed by atoms with Crippen LogP contribution in [0.4, 0.5) is 0 Å². The molecular formula is C13H20N2O. The molecule has 2 fully saturated rings. The quantitative estimate of drug-likeness (QED) is 0.847. The van der Waals surface area contributed by atoms with E-state index < -0.39 is 0 Å². The lowest BCUT2D eigenvalue weighted by Gasteiger charge is -2.14. The number of nitrogens with zero attached hydrogens (tertiary/aromatic N) is 1. The number of furan rings is 1. The summed E-state index contributed by atoms with van der Waals surface area (Å²) in [5.41, 5.74) is 6.68. The van der Waals surface area contributed by atoms with Crippen LogP contribution < -0.4 is 5.73 Å². The van der Waals surface area contributed by atoms with Crippen molar-refractivity contribution < 1.29 is 4.42 Å². The van der Waals surface area contributed by atoms with Crippen molar-refractivity contribution in [1.82, 2.24) is 4.90 Å². The number of hydrogen-bond donors (Lipinski definition) is 1. The number of likely N-dealkylation sites (tertiary alicyclic amines) is 1. The van der Waals surface area contributed by atoms with Gasteiger partial charge in [-0.1, -0.05) is 6.42 Å². The second-order valence-corrected chi connectivity index (χ2v) is 5.27. The van der Waals surface area contributed by atoms with Gasteiger partial charge in [-0.15, -0.1) is 0 Å². The summed E-state index contributed by atoms with van der Waals surface area (Å²) in [5, 5.41) is 0. The van der Waals surface area contributed by atoms with Crippen molar-refractivity contribution in [3.05, 3.63) is 23.7 Å². The van der Waals surface area contributed by atoms with Crippen molar-refractivity contribution in [2.45, 2.75) is 32.4 Å². The average molecular weight is 220 g/mol. The molecule has 2 atom stereocenters. The van der Waals surface area contributed by atoms with Crippen LogP contribution in [0.15, 0.2) is 16.7 Å². The van der Waals surface area contributed by atoms with E-state index in [0.717, 1.165) is 29.7 Å². The van der Waals surface area contributed by atoms with Crippen LogP contribution in [-0.4, -0.2) is 18.0 Å². The van der Waals surface area contributed by atoms with Gasteiger partial charge in [0.2, 0.25) is 0 Å². The van der Waals surface area contributed by atoms with Crippen molar-refractivity contribution in [2.24, 2.45) is 17.6 Å². The molecule has 1 saturated heterocycles. The zero-order valence-corrected chi connectivity index (χ0v) is 9.69. The summed E-state index contributed by atoms with van der Waals surface area (Å²) in [7, 11) is 0. The van der Waals surface area contributed by atoms with Gasteiger partial charge in [-0.25, -0.2) is 0 Å². The highest BCUT2D eigenvalue weighted by atomic mass is 16.3. The Hall–Kier alpha value is -0.800. The highest BCUT2D eigenvalue weighted by Crippen LogP contribution is 2.38. The highest BCUT2D eigenvalue weighted by molar-refractivity contribution is 5.12. The molecular weight excluding hydrogens is 200 g/mol. The van der Waals surface area contributed by atoms with Gasteiger partial charge >= 0.3 is 0 Å². The number of nitrogens with two attached hydrogens (primary N) is 1. The first-order valence-corrected chi connectivity index (χ1v) is 6.34. The molecule has 0 spiro atoms. The third kappa shape index (κ3) is 1.89. The summed E-state index contributed by atoms with van der Waals surface area (Å²) in [5.74, 6) is 2.99. The molecule has 1 saturated carbocycles. The van der Waals surface area contributed by atoms with Crippen molar-refractivity contribution >= 4 is 0 Å². The van der Waals surface area contributed by atoms with Gasteiger partial charge in [0.25, 0.3) is 0 Å². The smallest absolute Gasteiger partial charge is 0.118 e. The molecule has 3 nitrogen and oxygen atoms in total. The van der Waals surface area contributed by atoms with Gasteiger partial charge in [0.1, 0.15) is 5.76 Å². The van der Waals surface area contributed by atoms with Crippen LogP contribution in [-0.2, 0) is 13.1 Å². The molecule has 2 N–H and O–H groups in total. The molecule has 2 aliphatic rings. The van der Waals surface area contributed by atoms with E-state index in [0.29, 0.717) is 6.54 Å². The average Bonchev–Trinajstić information content (AvgIpc) is 2.92. The molecule has 16 heavy (non-hydrogen) atoms. The van der Waals surface area contributed by atoms with Crippen LogP contribution in [0.1, 0.15) is 30.6 Å². The lowest BCUT2D eigenvalue weighted by atomic mass is 10.0. The molecule has 0 aromatic carbocycles. The predicted octanol–water partition coefficient (Wildman–Crippen LogP) is 1.97. The van der Waals surface area contributed by atoms with Crippen LogP contribution >= 0.6 is 0 Å². The molecule has 1 aliphatic heterocycles. The minimum Gasteiger partial charge on any atom is -0.468 e.